The fourth-order valence-corrected chi connectivity index (χ4v) is 5.16. The zero-order valence-corrected chi connectivity index (χ0v) is 20.7. The van der Waals surface area contributed by atoms with Gasteiger partial charge in [-0.3, -0.25) is 4.99 Å². The van der Waals surface area contributed by atoms with E-state index in [4.69, 9.17) is 9.73 Å². The van der Waals surface area contributed by atoms with E-state index in [2.05, 4.69) is 48.1 Å². The Hall–Kier alpha value is 0.270. The number of likely N-dealkylation sites (tertiary alicyclic amines) is 1. The molecule has 1 unspecified atom stereocenters. The highest BCUT2D eigenvalue weighted by molar-refractivity contribution is 14.0. The number of hydrogen-bond acceptors (Lipinski definition) is 4. The van der Waals surface area contributed by atoms with Gasteiger partial charge in [-0.25, -0.2) is 0 Å². The lowest BCUT2D eigenvalue weighted by Gasteiger charge is -2.35. The summed E-state index contributed by atoms with van der Waals surface area (Å²) in [4.78, 5) is 7.57. The average Bonchev–Trinajstić information content (AvgIpc) is 2.65. The molecule has 0 aromatic heterocycles. The summed E-state index contributed by atoms with van der Waals surface area (Å²) in [5, 5.41) is 6.96. The number of hydrogen-bond donors (Lipinski definition) is 2. The third-order valence-corrected chi connectivity index (χ3v) is 7.02. The minimum Gasteiger partial charge on any atom is -0.381 e. The second-order valence-electron chi connectivity index (χ2n) is 7.58. The van der Waals surface area contributed by atoms with Gasteiger partial charge < -0.3 is 20.3 Å². The Bertz CT molecular complexity index is 413. The van der Waals surface area contributed by atoms with Crippen LogP contribution in [0.25, 0.3) is 0 Å². The van der Waals surface area contributed by atoms with E-state index < -0.39 is 0 Å². The van der Waals surface area contributed by atoms with Crippen LogP contribution < -0.4 is 10.6 Å². The van der Waals surface area contributed by atoms with E-state index in [0.717, 1.165) is 63.4 Å². The van der Waals surface area contributed by atoms with Crippen molar-refractivity contribution in [2.75, 3.05) is 51.7 Å². The second kappa shape index (κ2) is 14.3. The molecule has 5 nitrogen and oxygen atoms in total. The summed E-state index contributed by atoms with van der Waals surface area (Å²) in [6, 6.07) is 0.755. The monoisotopic (exact) mass is 512 g/mol. The van der Waals surface area contributed by atoms with Crippen LogP contribution in [-0.2, 0) is 4.74 Å². The number of ether oxygens (including phenoxy) is 1. The van der Waals surface area contributed by atoms with Gasteiger partial charge in [0, 0.05) is 43.6 Å². The highest BCUT2D eigenvalue weighted by Gasteiger charge is 2.32. The minimum absolute atomic E-state index is 0. The van der Waals surface area contributed by atoms with Gasteiger partial charge in [0.15, 0.2) is 5.96 Å². The number of rotatable bonds is 9. The van der Waals surface area contributed by atoms with Crippen molar-refractivity contribution in [3.8, 4) is 0 Å². The molecule has 0 spiro atoms. The van der Waals surface area contributed by atoms with Crippen LogP contribution in [0.5, 0.6) is 0 Å². The molecule has 27 heavy (non-hydrogen) atoms. The molecule has 2 N–H and O–H groups in total. The maximum Gasteiger partial charge on any atom is 0.191 e. The molecule has 2 rings (SSSR count). The number of halogens is 1. The molecule has 0 aromatic carbocycles. The Morgan fingerprint density at radius 3 is 2.67 bits per heavy atom. The Morgan fingerprint density at radius 1 is 1.22 bits per heavy atom. The molecule has 160 valence electrons. The zero-order valence-electron chi connectivity index (χ0n) is 17.6. The van der Waals surface area contributed by atoms with Gasteiger partial charge >= 0.3 is 0 Å². The lowest BCUT2D eigenvalue weighted by molar-refractivity contribution is 0.0793. The molecule has 2 fully saturated rings. The Balaban J connectivity index is 0.00000364. The van der Waals surface area contributed by atoms with E-state index in [1.54, 1.807) is 0 Å². The van der Waals surface area contributed by atoms with Gasteiger partial charge in [-0.1, -0.05) is 13.3 Å². The molecule has 2 heterocycles. The van der Waals surface area contributed by atoms with Gasteiger partial charge in [0.1, 0.15) is 0 Å². The highest BCUT2D eigenvalue weighted by Crippen LogP contribution is 2.35. The van der Waals surface area contributed by atoms with Crippen LogP contribution in [0.15, 0.2) is 4.99 Å². The first-order valence-electron chi connectivity index (χ1n) is 10.7. The second-order valence-corrected chi connectivity index (χ2v) is 9.32. The summed E-state index contributed by atoms with van der Waals surface area (Å²) in [7, 11) is 0. The average molecular weight is 513 g/mol. The van der Waals surface area contributed by atoms with Gasteiger partial charge in [-0.05, 0) is 58.2 Å². The van der Waals surface area contributed by atoms with Crippen LogP contribution in [0.2, 0.25) is 0 Å². The smallest absolute Gasteiger partial charge is 0.191 e. The predicted octanol–water partition coefficient (Wildman–Crippen LogP) is 3.73. The van der Waals surface area contributed by atoms with Crippen molar-refractivity contribution in [3.63, 3.8) is 0 Å². The van der Waals surface area contributed by atoms with Crippen molar-refractivity contribution < 1.29 is 4.74 Å². The topological polar surface area (TPSA) is 48.9 Å². The third-order valence-electron chi connectivity index (χ3n) is 5.58. The van der Waals surface area contributed by atoms with E-state index >= 15 is 0 Å². The fourth-order valence-electron chi connectivity index (χ4n) is 3.94. The van der Waals surface area contributed by atoms with E-state index in [1.165, 1.54) is 38.8 Å². The summed E-state index contributed by atoms with van der Waals surface area (Å²) in [6.45, 7) is 13.8. The van der Waals surface area contributed by atoms with Gasteiger partial charge in [0.25, 0.3) is 0 Å². The normalized spacial score (nSPS) is 23.5. The molecule has 0 aliphatic carbocycles. The summed E-state index contributed by atoms with van der Waals surface area (Å²) in [6.07, 6.45) is 7.52. The van der Waals surface area contributed by atoms with E-state index in [-0.39, 0.29) is 28.7 Å². The van der Waals surface area contributed by atoms with Crippen LogP contribution in [0.1, 0.15) is 59.3 Å². The molecule has 0 radical (unpaired) electrons. The molecule has 0 saturated carbocycles. The quantitative estimate of drug-likeness (QED) is 0.214. The van der Waals surface area contributed by atoms with Crippen LogP contribution in [0, 0.1) is 0 Å². The number of nitrogens with zero attached hydrogens (tertiary/aromatic N) is 2. The Labute approximate surface area is 188 Å². The highest BCUT2D eigenvalue weighted by atomic mass is 127. The van der Waals surface area contributed by atoms with Crippen molar-refractivity contribution >= 4 is 41.7 Å². The van der Waals surface area contributed by atoms with Crippen molar-refractivity contribution in [1.82, 2.24) is 15.5 Å². The Kier molecular flexibility index (Phi) is 13.4. The van der Waals surface area contributed by atoms with Crippen LogP contribution >= 0.6 is 35.7 Å². The van der Waals surface area contributed by atoms with Gasteiger partial charge in [-0.2, -0.15) is 11.8 Å². The van der Waals surface area contributed by atoms with Crippen LogP contribution in [-0.4, -0.2) is 73.3 Å². The Morgan fingerprint density at radius 2 is 2.00 bits per heavy atom. The van der Waals surface area contributed by atoms with Gasteiger partial charge in [-0.15, -0.1) is 24.0 Å². The molecule has 0 amide bonds. The number of guanidine groups is 1. The summed E-state index contributed by atoms with van der Waals surface area (Å²) < 4.78 is 5.84. The number of thioether (sulfide) groups is 1. The van der Waals surface area contributed by atoms with Crippen molar-refractivity contribution in [3.05, 3.63) is 0 Å². The third kappa shape index (κ3) is 9.09. The van der Waals surface area contributed by atoms with E-state index in [0.29, 0.717) is 0 Å². The van der Waals surface area contributed by atoms with Gasteiger partial charge in [0.05, 0.1) is 6.54 Å². The first kappa shape index (κ1) is 25.3. The van der Waals surface area contributed by atoms with Crippen LogP contribution in [0.3, 0.4) is 0 Å². The molecular weight excluding hydrogens is 471 g/mol. The molecule has 2 saturated heterocycles. The SMILES string of the molecule is CCNC(=NCC1(SCC)CCOCC1)NCCCN1CCCCC1C.I. The van der Waals surface area contributed by atoms with E-state index in [1.807, 2.05) is 0 Å². The van der Waals surface area contributed by atoms with Crippen molar-refractivity contribution in [1.29, 1.82) is 0 Å². The van der Waals surface area contributed by atoms with Crippen molar-refractivity contribution in [2.24, 2.45) is 4.99 Å². The predicted molar refractivity (Wildman–Crippen MR) is 130 cm³/mol. The lowest BCUT2D eigenvalue weighted by Crippen LogP contribution is -2.43. The summed E-state index contributed by atoms with van der Waals surface area (Å²) in [5.41, 5.74) is 0. The van der Waals surface area contributed by atoms with Crippen molar-refractivity contribution in [2.45, 2.75) is 70.1 Å². The first-order chi connectivity index (χ1) is 12.7. The van der Waals surface area contributed by atoms with Crippen LogP contribution in [0.4, 0.5) is 0 Å². The molecule has 2 aliphatic heterocycles. The summed E-state index contributed by atoms with van der Waals surface area (Å²) in [5.74, 6) is 2.12. The molecule has 2 aliphatic rings. The number of nitrogens with one attached hydrogen (secondary N) is 2. The molecule has 7 heteroatoms. The maximum absolute atomic E-state index is 5.57. The lowest BCUT2D eigenvalue weighted by atomic mass is 9.99. The minimum atomic E-state index is 0. The number of aliphatic imine (C=N–C) groups is 1. The maximum atomic E-state index is 5.57. The first-order valence-corrected chi connectivity index (χ1v) is 11.7. The molecular formula is C20H41IN4OS. The fraction of sp³-hybridized carbons (Fsp3) is 0.950. The molecule has 0 bridgehead atoms. The molecule has 0 aromatic rings. The zero-order chi connectivity index (χ0) is 18.7. The largest absolute Gasteiger partial charge is 0.381 e. The van der Waals surface area contributed by atoms with Gasteiger partial charge in [0.2, 0.25) is 0 Å². The van der Waals surface area contributed by atoms with E-state index in [9.17, 15) is 0 Å². The molecule has 1 atom stereocenters. The number of piperidine rings is 1. The standard InChI is InChI=1S/C20H40N4OS.HI/c1-4-21-19(22-12-8-14-24-13-7-6-9-18(24)3)23-17-20(26-5-2)10-15-25-16-11-20;/h18H,4-17H2,1-3H3,(H2,21,22,23);1H. The summed E-state index contributed by atoms with van der Waals surface area (Å²) >= 11 is 2.06.